The molecule has 4 heteroatoms. The average Bonchev–Trinajstić information content (AvgIpc) is 2.36. The fourth-order valence-electron chi connectivity index (χ4n) is 3.53. The van der Waals surface area contributed by atoms with Crippen LogP contribution in [0.5, 0.6) is 0 Å². The first kappa shape index (κ1) is 15.8. The summed E-state index contributed by atoms with van der Waals surface area (Å²) in [5, 5.41) is 6.57. The van der Waals surface area contributed by atoms with E-state index in [0.717, 1.165) is 18.5 Å². The molecule has 0 aromatic heterocycles. The highest BCUT2D eigenvalue weighted by atomic mass is 16.2. The van der Waals surface area contributed by atoms with Crippen molar-refractivity contribution in [2.24, 2.45) is 0 Å². The van der Waals surface area contributed by atoms with Gasteiger partial charge in [0, 0.05) is 23.7 Å². The number of nitrogens with zero attached hydrogens (tertiary/aromatic N) is 1. The minimum atomic E-state index is -0.0952. The van der Waals surface area contributed by atoms with Crippen LogP contribution in [0.2, 0.25) is 0 Å². The van der Waals surface area contributed by atoms with Crippen LogP contribution >= 0.6 is 0 Å². The van der Waals surface area contributed by atoms with E-state index in [1.807, 2.05) is 0 Å². The molecule has 2 heterocycles. The Morgan fingerprint density at radius 3 is 2.40 bits per heavy atom. The predicted octanol–water partition coefficient (Wildman–Crippen LogP) is 1.90. The van der Waals surface area contributed by atoms with Crippen LogP contribution in [0.4, 0.5) is 0 Å². The van der Waals surface area contributed by atoms with Crippen molar-refractivity contribution in [3.8, 4) is 0 Å². The van der Waals surface area contributed by atoms with E-state index in [9.17, 15) is 4.79 Å². The number of hydrogen-bond acceptors (Lipinski definition) is 3. The number of carbonyl (C=O) groups is 1. The van der Waals surface area contributed by atoms with E-state index in [1.165, 1.54) is 32.1 Å². The number of piperidine rings is 2. The van der Waals surface area contributed by atoms with Crippen LogP contribution in [-0.4, -0.2) is 48.1 Å². The molecular formula is C16H31N3O. The number of rotatable bonds is 5. The van der Waals surface area contributed by atoms with Gasteiger partial charge in [-0.05, 0) is 53.0 Å². The summed E-state index contributed by atoms with van der Waals surface area (Å²) >= 11 is 0. The van der Waals surface area contributed by atoms with Gasteiger partial charge in [0.2, 0.25) is 5.91 Å². The van der Waals surface area contributed by atoms with Gasteiger partial charge in [-0.15, -0.1) is 0 Å². The van der Waals surface area contributed by atoms with Crippen LogP contribution in [0.15, 0.2) is 0 Å². The molecule has 2 unspecified atom stereocenters. The van der Waals surface area contributed by atoms with Gasteiger partial charge in [-0.3, -0.25) is 4.79 Å². The first-order valence-electron chi connectivity index (χ1n) is 8.17. The van der Waals surface area contributed by atoms with Gasteiger partial charge in [-0.1, -0.05) is 13.3 Å². The molecule has 0 spiro atoms. The highest BCUT2D eigenvalue weighted by Gasteiger charge is 2.35. The predicted molar refractivity (Wildman–Crippen MR) is 82.7 cm³/mol. The van der Waals surface area contributed by atoms with Crippen molar-refractivity contribution in [1.29, 1.82) is 0 Å². The van der Waals surface area contributed by atoms with Crippen molar-refractivity contribution in [1.82, 2.24) is 15.5 Å². The standard InChI is InChI=1S/C16H31N3O/c1-5-16(2,3)18-15(20)11-17-12-9-13-7-6-8-14(10-12)19(13)4/h12-14,17H,5-11H2,1-4H3,(H,18,20). The highest BCUT2D eigenvalue weighted by Crippen LogP contribution is 2.32. The monoisotopic (exact) mass is 281 g/mol. The Morgan fingerprint density at radius 2 is 1.85 bits per heavy atom. The summed E-state index contributed by atoms with van der Waals surface area (Å²) in [5.41, 5.74) is -0.0952. The van der Waals surface area contributed by atoms with Gasteiger partial charge in [0.1, 0.15) is 0 Å². The summed E-state index contributed by atoms with van der Waals surface area (Å²) in [5.74, 6) is 0.126. The van der Waals surface area contributed by atoms with Gasteiger partial charge in [0.05, 0.1) is 6.54 Å². The fourth-order valence-corrected chi connectivity index (χ4v) is 3.53. The molecule has 2 saturated heterocycles. The van der Waals surface area contributed by atoms with Crippen molar-refractivity contribution < 1.29 is 4.79 Å². The van der Waals surface area contributed by atoms with Crippen LogP contribution < -0.4 is 10.6 Å². The molecule has 0 aromatic carbocycles. The molecular weight excluding hydrogens is 250 g/mol. The summed E-state index contributed by atoms with van der Waals surface area (Å²) in [6, 6.07) is 1.95. The van der Waals surface area contributed by atoms with Crippen LogP contribution in [-0.2, 0) is 4.79 Å². The minimum Gasteiger partial charge on any atom is -0.350 e. The number of amides is 1. The third kappa shape index (κ3) is 3.95. The van der Waals surface area contributed by atoms with Crippen molar-refractivity contribution in [2.75, 3.05) is 13.6 Å². The lowest BCUT2D eigenvalue weighted by atomic mass is 9.82. The first-order valence-corrected chi connectivity index (χ1v) is 8.17. The maximum absolute atomic E-state index is 12.0. The Hall–Kier alpha value is -0.610. The van der Waals surface area contributed by atoms with E-state index in [-0.39, 0.29) is 11.4 Å². The van der Waals surface area contributed by atoms with E-state index in [0.29, 0.717) is 12.6 Å². The molecule has 2 N–H and O–H groups in total. The summed E-state index contributed by atoms with van der Waals surface area (Å²) in [6.45, 7) is 6.71. The van der Waals surface area contributed by atoms with Crippen molar-refractivity contribution in [3.05, 3.63) is 0 Å². The highest BCUT2D eigenvalue weighted by molar-refractivity contribution is 5.78. The lowest BCUT2D eigenvalue weighted by Gasteiger charge is -2.47. The Morgan fingerprint density at radius 1 is 1.25 bits per heavy atom. The van der Waals surface area contributed by atoms with Crippen LogP contribution in [0.1, 0.15) is 59.3 Å². The molecule has 4 nitrogen and oxygen atoms in total. The lowest BCUT2D eigenvalue weighted by molar-refractivity contribution is -0.122. The second kappa shape index (κ2) is 6.44. The van der Waals surface area contributed by atoms with Gasteiger partial charge in [-0.25, -0.2) is 0 Å². The second-order valence-electron chi connectivity index (χ2n) is 7.24. The second-order valence-corrected chi connectivity index (χ2v) is 7.24. The first-order chi connectivity index (χ1) is 9.41. The third-order valence-corrected chi connectivity index (χ3v) is 5.25. The van der Waals surface area contributed by atoms with E-state index < -0.39 is 0 Å². The molecule has 2 aliphatic heterocycles. The van der Waals surface area contributed by atoms with Gasteiger partial charge in [0.25, 0.3) is 0 Å². The smallest absolute Gasteiger partial charge is 0.234 e. The maximum Gasteiger partial charge on any atom is 0.234 e. The zero-order valence-corrected chi connectivity index (χ0v) is 13.5. The molecule has 1 amide bonds. The normalized spacial score (nSPS) is 31.1. The largest absolute Gasteiger partial charge is 0.350 e. The van der Waals surface area contributed by atoms with Gasteiger partial charge < -0.3 is 15.5 Å². The van der Waals surface area contributed by atoms with Crippen LogP contribution in [0.25, 0.3) is 0 Å². The molecule has 2 atom stereocenters. The maximum atomic E-state index is 12.0. The van der Waals surface area contributed by atoms with Crippen LogP contribution in [0, 0.1) is 0 Å². The molecule has 0 saturated carbocycles. The molecule has 2 rings (SSSR count). The fraction of sp³-hybridized carbons (Fsp3) is 0.938. The van der Waals surface area contributed by atoms with Gasteiger partial charge >= 0.3 is 0 Å². The van der Waals surface area contributed by atoms with Crippen molar-refractivity contribution in [3.63, 3.8) is 0 Å². The van der Waals surface area contributed by atoms with Crippen molar-refractivity contribution >= 4 is 5.91 Å². The average molecular weight is 281 g/mol. The van der Waals surface area contributed by atoms with Crippen LogP contribution in [0.3, 0.4) is 0 Å². The Bertz CT molecular complexity index is 329. The van der Waals surface area contributed by atoms with E-state index in [2.05, 4.69) is 43.4 Å². The Kier molecular flexibility index (Phi) is 5.08. The van der Waals surface area contributed by atoms with E-state index >= 15 is 0 Å². The molecule has 2 fully saturated rings. The number of fused-ring (bicyclic) bond motifs is 2. The third-order valence-electron chi connectivity index (χ3n) is 5.25. The number of carbonyl (C=O) groups excluding carboxylic acids is 1. The van der Waals surface area contributed by atoms with Gasteiger partial charge in [-0.2, -0.15) is 0 Å². The Labute approximate surface area is 123 Å². The Balaban J connectivity index is 1.76. The molecule has 2 bridgehead atoms. The molecule has 0 radical (unpaired) electrons. The molecule has 2 aliphatic rings. The minimum absolute atomic E-state index is 0.0952. The molecule has 0 aliphatic carbocycles. The SMILES string of the molecule is CCC(C)(C)NC(=O)CNC1CC2CCCC(C1)N2C. The quantitative estimate of drug-likeness (QED) is 0.809. The zero-order chi connectivity index (χ0) is 14.8. The number of nitrogens with one attached hydrogen (secondary N) is 2. The lowest BCUT2D eigenvalue weighted by Crippen LogP contribution is -2.56. The summed E-state index contributed by atoms with van der Waals surface area (Å²) in [6.07, 6.45) is 7.35. The van der Waals surface area contributed by atoms with E-state index in [1.54, 1.807) is 0 Å². The number of hydrogen-bond donors (Lipinski definition) is 2. The van der Waals surface area contributed by atoms with Gasteiger partial charge in [0.15, 0.2) is 0 Å². The zero-order valence-electron chi connectivity index (χ0n) is 13.5. The summed E-state index contributed by atoms with van der Waals surface area (Å²) in [7, 11) is 2.27. The summed E-state index contributed by atoms with van der Waals surface area (Å²) in [4.78, 5) is 14.5. The topological polar surface area (TPSA) is 44.4 Å². The summed E-state index contributed by atoms with van der Waals surface area (Å²) < 4.78 is 0. The van der Waals surface area contributed by atoms with Crippen molar-refractivity contribution in [2.45, 2.75) is 83.0 Å². The molecule has 116 valence electrons. The molecule has 0 aromatic rings. The van der Waals surface area contributed by atoms with E-state index in [4.69, 9.17) is 0 Å². The molecule has 20 heavy (non-hydrogen) atoms.